The van der Waals surface area contributed by atoms with E-state index in [4.69, 9.17) is 4.74 Å². The van der Waals surface area contributed by atoms with Crippen LogP contribution in [-0.4, -0.2) is 59.7 Å². The number of carbonyl (C=O) groups excluding carboxylic acids is 2. The summed E-state index contributed by atoms with van der Waals surface area (Å²) in [4.78, 5) is 52.2. The van der Waals surface area contributed by atoms with E-state index in [2.05, 4.69) is 31.2 Å². The number of aryl methyl sites for hydroxylation is 1. The molecule has 2 amide bonds. The average molecular weight is 712 g/mol. The van der Waals surface area contributed by atoms with Crippen LogP contribution in [0.2, 0.25) is 0 Å². The Balaban J connectivity index is 1.38. The molecule has 3 heterocycles. The number of amides is 2. The third-order valence-electron chi connectivity index (χ3n) is 8.33. The molecule has 0 radical (unpaired) electrons. The summed E-state index contributed by atoms with van der Waals surface area (Å²) in [6.45, 7) is 6.01. The fourth-order valence-electron chi connectivity index (χ4n) is 5.85. The van der Waals surface area contributed by atoms with Crippen LogP contribution in [0.15, 0.2) is 94.6 Å². The highest BCUT2D eigenvalue weighted by Crippen LogP contribution is 2.27. The van der Waals surface area contributed by atoms with Gasteiger partial charge in [0.2, 0.25) is 0 Å². The lowest BCUT2D eigenvalue weighted by Crippen LogP contribution is -2.47. The van der Waals surface area contributed by atoms with E-state index in [-0.39, 0.29) is 49.6 Å². The van der Waals surface area contributed by atoms with Gasteiger partial charge in [-0.25, -0.2) is 14.8 Å². The molecule has 0 saturated heterocycles. The number of nitrogens with one attached hydrogen (secondary N) is 1. The molecule has 3 aromatic carbocycles. The Morgan fingerprint density at radius 3 is 2.58 bits per heavy atom. The van der Waals surface area contributed by atoms with Crippen molar-refractivity contribution in [2.24, 2.45) is 0 Å². The number of halogens is 1. The lowest BCUT2D eigenvalue weighted by molar-refractivity contribution is 0.0610. The van der Waals surface area contributed by atoms with Crippen LogP contribution in [-0.2, 0) is 19.6 Å². The number of ether oxygens (including phenoxy) is 1. The minimum absolute atomic E-state index is 0.0627. The maximum atomic E-state index is 14.2. The number of fused-ring (bicyclic) bond motifs is 1. The zero-order valence-corrected chi connectivity index (χ0v) is 28.3. The monoisotopic (exact) mass is 710 g/mol. The third kappa shape index (κ3) is 6.67. The van der Waals surface area contributed by atoms with Gasteiger partial charge in [0.25, 0.3) is 11.8 Å². The number of nitrogens with zero attached hydrogens (tertiary/aromatic N) is 5. The van der Waals surface area contributed by atoms with Crippen molar-refractivity contribution in [1.82, 2.24) is 29.3 Å². The van der Waals surface area contributed by atoms with Crippen molar-refractivity contribution < 1.29 is 19.4 Å². The van der Waals surface area contributed by atoms with Gasteiger partial charge in [-0.2, -0.15) is 0 Å². The molecule has 0 saturated carbocycles. The van der Waals surface area contributed by atoms with Crippen molar-refractivity contribution in [2.75, 3.05) is 6.61 Å². The quantitative estimate of drug-likeness (QED) is 0.223. The molecule has 11 nitrogen and oxygen atoms in total. The Labute approximate surface area is 286 Å². The molecule has 1 aliphatic heterocycles. The molecule has 0 aliphatic carbocycles. The molecule has 5 aromatic rings. The van der Waals surface area contributed by atoms with Gasteiger partial charge < -0.3 is 20.1 Å². The van der Waals surface area contributed by atoms with Gasteiger partial charge in [0.1, 0.15) is 24.4 Å². The van der Waals surface area contributed by atoms with Crippen LogP contribution in [0, 0.1) is 6.92 Å². The second kappa shape index (κ2) is 14.0. The number of hydrogen-bond donors (Lipinski definition) is 2. The number of rotatable bonds is 9. The molecule has 2 N–H and O–H groups in total. The van der Waals surface area contributed by atoms with E-state index >= 15 is 0 Å². The number of aliphatic hydroxyl groups is 1. The van der Waals surface area contributed by atoms with E-state index in [9.17, 15) is 19.5 Å². The third-order valence-corrected chi connectivity index (χ3v) is 9.22. The first kappa shape index (κ1) is 32.9. The average Bonchev–Trinajstić information content (AvgIpc) is 3.38. The van der Waals surface area contributed by atoms with Crippen molar-refractivity contribution >= 4 is 27.7 Å². The summed E-state index contributed by atoms with van der Waals surface area (Å²) >= 11 is 3.50. The topological polar surface area (TPSA) is 132 Å². The fraction of sp³-hybridized carbons (Fsp3) is 0.250. The highest BCUT2D eigenvalue weighted by molar-refractivity contribution is 9.10. The predicted molar refractivity (Wildman–Crippen MR) is 184 cm³/mol. The SMILES string of the molecule is Cc1cc(C(=O)N2Cc3c(C(=O)NCc4ccccc4-c4ccncn4)n(-c4ccc(OC[C@H](C)O)cc4)c(=O)n3CC2C)ccc1Br. The minimum atomic E-state index is -0.644. The van der Waals surface area contributed by atoms with Gasteiger partial charge in [-0.15, -0.1) is 0 Å². The van der Waals surface area contributed by atoms with Crippen molar-refractivity contribution in [3.63, 3.8) is 0 Å². The van der Waals surface area contributed by atoms with Gasteiger partial charge in [-0.05, 0) is 80.4 Å². The number of hydrogen-bond acceptors (Lipinski definition) is 7. The van der Waals surface area contributed by atoms with Gasteiger partial charge in [0, 0.05) is 40.9 Å². The van der Waals surface area contributed by atoms with Crippen LogP contribution >= 0.6 is 15.9 Å². The summed E-state index contributed by atoms with van der Waals surface area (Å²) in [6, 6.07) is 21.3. The molecule has 0 fully saturated rings. The molecular weight excluding hydrogens is 676 g/mol. The normalized spacial score (nSPS) is 14.7. The largest absolute Gasteiger partial charge is 0.491 e. The van der Waals surface area contributed by atoms with Crippen molar-refractivity contribution in [2.45, 2.75) is 52.6 Å². The smallest absolute Gasteiger partial charge is 0.333 e. The second-order valence-corrected chi connectivity index (χ2v) is 12.7. The molecule has 2 atom stereocenters. The summed E-state index contributed by atoms with van der Waals surface area (Å²) in [6.07, 6.45) is 2.49. The van der Waals surface area contributed by atoms with Crippen LogP contribution in [0.3, 0.4) is 0 Å². The highest BCUT2D eigenvalue weighted by atomic mass is 79.9. The Hall–Kier alpha value is -5.07. The molecule has 246 valence electrons. The number of benzene rings is 3. The molecule has 0 bridgehead atoms. The van der Waals surface area contributed by atoms with Crippen LogP contribution < -0.4 is 15.7 Å². The van der Waals surface area contributed by atoms with E-state index in [1.54, 1.807) is 59.0 Å². The summed E-state index contributed by atoms with van der Waals surface area (Å²) < 4.78 is 9.50. The number of aliphatic hydroxyl groups excluding tert-OH is 1. The van der Waals surface area contributed by atoms with Crippen LogP contribution in [0.25, 0.3) is 16.9 Å². The van der Waals surface area contributed by atoms with Crippen LogP contribution in [0.1, 0.15) is 51.5 Å². The summed E-state index contributed by atoms with van der Waals surface area (Å²) in [5.74, 6) is -0.136. The Morgan fingerprint density at radius 1 is 1.10 bits per heavy atom. The van der Waals surface area contributed by atoms with Crippen LogP contribution in [0.4, 0.5) is 0 Å². The molecule has 6 rings (SSSR count). The van der Waals surface area contributed by atoms with E-state index in [0.29, 0.717) is 22.7 Å². The lowest BCUT2D eigenvalue weighted by Gasteiger charge is -2.34. The van der Waals surface area contributed by atoms with Crippen molar-refractivity contribution in [3.8, 4) is 22.7 Å². The minimum Gasteiger partial charge on any atom is -0.491 e. The Bertz CT molecular complexity index is 2020. The van der Waals surface area contributed by atoms with Crippen LogP contribution in [0.5, 0.6) is 5.75 Å². The van der Waals surface area contributed by atoms with E-state index in [1.165, 1.54) is 10.9 Å². The molecule has 1 aliphatic rings. The van der Waals surface area contributed by atoms with E-state index in [1.807, 2.05) is 50.2 Å². The maximum absolute atomic E-state index is 14.2. The highest BCUT2D eigenvalue weighted by Gasteiger charge is 2.35. The number of imidazole rings is 1. The number of aromatic nitrogens is 4. The zero-order valence-electron chi connectivity index (χ0n) is 26.8. The molecular formula is C36H35BrN6O5. The van der Waals surface area contributed by atoms with Gasteiger partial charge in [0.05, 0.1) is 29.7 Å². The molecule has 2 aromatic heterocycles. The summed E-state index contributed by atoms with van der Waals surface area (Å²) in [5.41, 5.74) is 4.53. The van der Waals surface area contributed by atoms with Gasteiger partial charge in [-0.1, -0.05) is 40.2 Å². The summed E-state index contributed by atoms with van der Waals surface area (Å²) in [7, 11) is 0. The number of carbonyl (C=O) groups is 2. The van der Waals surface area contributed by atoms with Crippen molar-refractivity contribution in [1.29, 1.82) is 0 Å². The standard InChI is InChI=1S/C36H35BrN6O5/c1-22-16-25(8-13-30(22)37)35(46)41-19-32-33(34(45)39-17-26-6-4-5-7-29(26)31-14-15-38-21-40-31)43(36(47)42(32)18-23(41)2)27-9-11-28(12-10-27)48-20-24(3)44/h4-16,21,23-24,44H,17-20H2,1-3H3,(H,39,45)/t23?,24-/m0/s1. The first-order chi connectivity index (χ1) is 23.1. The molecule has 0 spiro atoms. The van der Waals surface area contributed by atoms with Crippen molar-refractivity contribution in [3.05, 3.63) is 128 Å². The van der Waals surface area contributed by atoms with E-state index in [0.717, 1.165) is 26.9 Å². The lowest BCUT2D eigenvalue weighted by atomic mass is 10.0. The maximum Gasteiger partial charge on any atom is 0.333 e. The Kier molecular flexibility index (Phi) is 9.56. The first-order valence-electron chi connectivity index (χ1n) is 15.6. The second-order valence-electron chi connectivity index (χ2n) is 11.9. The molecule has 1 unspecified atom stereocenters. The molecule has 48 heavy (non-hydrogen) atoms. The van der Waals surface area contributed by atoms with Gasteiger partial charge >= 0.3 is 5.69 Å². The van der Waals surface area contributed by atoms with Gasteiger partial charge in [-0.3, -0.25) is 18.7 Å². The summed E-state index contributed by atoms with van der Waals surface area (Å²) in [5, 5.41) is 12.6. The molecule has 12 heteroatoms. The zero-order chi connectivity index (χ0) is 33.9. The van der Waals surface area contributed by atoms with E-state index < -0.39 is 12.0 Å². The fourth-order valence-corrected chi connectivity index (χ4v) is 6.09. The Morgan fingerprint density at radius 2 is 1.88 bits per heavy atom. The van der Waals surface area contributed by atoms with Gasteiger partial charge in [0.15, 0.2) is 0 Å². The first-order valence-corrected chi connectivity index (χ1v) is 16.4. The predicted octanol–water partition coefficient (Wildman–Crippen LogP) is 4.90.